The molecular formula is C38H41NO7S. The molecule has 9 heteroatoms. The quantitative estimate of drug-likeness (QED) is 0.0894. The van der Waals surface area contributed by atoms with Gasteiger partial charge in [0.1, 0.15) is 5.75 Å². The van der Waals surface area contributed by atoms with E-state index in [1.165, 1.54) is 0 Å². The Morgan fingerprint density at radius 1 is 0.872 bits per heavy atom. The number of thioether (sulfide) groups is 1. The van der Waals surface area contributed by atoms with Crippen molar-refractivity contribution in [2.75, 3.05) is 12.9 Å². The SMILES string of the molecule is COc1ccccc1SC[C@@H]1C[C@H](c2ccc(CO)cc2)O[C@H](c2ccc(-c3ccccc3CNC(=O)CCCCC(=O)O)cc2)O1. The van der Waals surface area contributed by atoms with E-state index in [1.54, 1.807) is 18.9 Å². The molecule has 5 rings (SSSR count). The predicted octanol–water partition coefficient (Wildman–Crippen LogP) is 7.45. The fourth-order valence-corrected chi connectivity index (χ4v) is 6.61. The Hall–Kier alpha value is -4.15. The summed E-state index contributed by atoms with van der Waals surface area (Å²) < 4.78 is 18.6. The monoisotopic (exact) mass is 655 g/mol. The first-order valence-corrected chi connectivity index (χ1v) is 16.8. The van der Waals surface area contributed by atoms with Crippen molar-refractivity contribution in [2.24, 2.45) is 0 Å². The molecule has 1 aliphatic rings. The van der Waals surface area contributed by atoms with E-state index < -0.39 is 12.3 Å². The maximum Gasteiger partial charge on any atom is 0.303 e. The van der Waals surface area contributed by atoms with Gasteiger partial charge in [-0.2, -0.15) is 0 Å². The number of hydrogen-bond donors (Lipinski definition) is 3. The van der Waals surface area contributed by atoms with Crippen LogP contribution in [0.25, 0.3) is 11.1 Å². The molecule has 4 aromatic carbocycles. The van der Waals surface area contributed by atoms with Crippen LogP contribution in [0.5, 0.6) is 5.75 Å². The van der Waals surface area contributed by atoms with Crippen LogP contribution in [-0.4, -0.2) is 41.1 Å². The summed E-state index contributed by atoms with van der Waals surface area (Å²) in [7, 11) is 1.68. The number of para-hydroxylation sites is 1. The zero-order valence-electron chi connectivity index (χ0n) is 26.5. The van der Waals surface area contributed by atoms with E-state index in [-0.39, 0.29) is 31.1 Å². The van der Waals surface area contributed by atoms with Crippen molar-refractivity contribution in [1.29, 1.82) is 0 Å². The van der Waals surface area contributed by atoms with Crippen molar-refractivity contribution in [1.82, 2.24) is 5.32 Å². The molecule has 1 amide bonds. The van der Waals surface area contributed by atoms with Gasteiger partial charge in [0.2, 0.25) is 5.91 Å². The van der Waals surface area contributed by atoms with Crippen molar-refractivity contribution in [3.05, 3.63) is 119 Å². The summed E-state index contributed by atoms with van der Waals surface area (Å²) >= 11 is 1.70. The summed E-state index contributed by atoms with van der Waals surface area (Å²) in [5.41, 5.74) is 5.82. The smallest absolute Gasteiger partial charge is 0.303 e. The second-order valence-corrected chi connectivity index (χ2v) is 12.5. The van der Waals surface area contributed by atoms with Crippen molar-refractivity contribution in [2.45, 2.75) is 68.6 Å². The summed E-state index contributed by atoms with van der Waals surface area (Å²) in [5.74, 6) is 0.625. The minimum absolute atomic E-state index is 0.00778. The van der Waals surface area contributed by atoms with Crippen LogP contribution in [0, 0.1) is 0 Å². The number of aliphatic carboxylic acids is 1. The van der Waals surface area contributed by atoms with Gasteiger partial charge in [-0.25, -0.2) is 0 Å². The van der Waals surface area contributed by atoms with Gasteiger partial charge >= 0.3 is 5.97 Å². The molecule has 1 aliphatic heterocycles. The first-order chi connectivity index (χ1) is 22.9. The molecule has 0 bridgehead atoms. The molecule has 0 saturated carbocycles. The summed E-state index contributed by atoms with van der Waals surface area (Å²) in [6.07, 6.45) is 1.25. The topological polar surface area (TPSA) is 114 Å². The van der Waals surface area contributed by atoms with E-state index in [4.69, 9.17) is 19.3 Å². The number of carboxylic acids is 1. The largest absolute Gasteiger partial charge is 0.496 e. The second kappa shape index (κ2) is 17.1. The average Bonchev–Trinajstić information content (AvgIpc) is 3.11. The number of carboxylic acid groups (broad SMARTS) is 1. The molecule has 1 saturated heterocycles. The highest BCUT2D eigenvalue weighted by molar-refractivity contribution is 7.99. The van der Waals surface area contributed by atoms with Crippen molar-refractivity contribution >= 4 is 23.6 Å². The van der Waals surface area contributed by atoms with Crippen LogP contribution in [0.3, 0.4) is 0 Å². The predicted molar refractivity (Wildman–Crippen MR) is 182 cm³/mol. The Labute approximate surface area is 280 Å². The molecule has 1 fully saturated rings. The molecule has 1 heterocycles. The number of carbonyl (C=O) groups is 2. The van der Waals surface area contributed by atoms with Gasteiger partial charge in [-0.1, -0.05) is 84.9 Å². The Bertz CT molecular complexity index is 1610. The number of nitrogens with one attached hydrogen (secondary N) is 1. The van der Waals surface area contributed by atoms with Crippen molar-refractivity contribution in [3.8, 4) is 16.9 Å². The maximum absolute atomic E-state index is 12.4. The minimum atomic E-state index is -0.844. The molecule has 0 unspecified atom stereocenters. The van der Waals surface area contributed by atoms with Gasteiger partial charge < -0.3 is 29.7 Å². The molecule has 3 N–H and O–H groups in total. The van der Waals surface area contributed by atoms with Crippen LogP contribution in [0.15, 0.2) is 102 Å². The Balaban J connectivity index is 1.28. The van der Waals surface area contributed by atoms with Gasteiger partial charge in [0, 0.05) is 42.0 Å². The van der Waals surface area contributed by atoms with Crippen LogP contribution in [0.2, 0.25) is 0 Å². The molecule has 4 aromatic rings. The molecule has 47 heavy (non-hydrogen) atoms. The van der Waals surface area contributed by atoms with Crippen molar-refractivity contribution in [3.63, 3.8) is 0 Å². The lowest BCUT2D eigenvalue weighted by atomic mass is 9.97. The third kappa shape index (κ3) is 9.68. The van der Waals surface area contributed by atoms with Crippen LogP contribution in [0.4, 0.5) is 0 Å². The normalized spacial score (nSPS) is 17.6. The highest BCUT2D eigenvalue weighted by atomic mass is 32.2. The lowest BCUT2D eigenvalue weighted by Crippen LogP contribution is -2.31. The molecule has 3 atom stereocenters. The number of aliphatic hydroxyl groups is 1. The van der Waals surface area contributed by atoms with Crippen LogP contribution in [-0.2, 0) is 32.2 Å². The van der Waals surface area contributed by atoms with Crippen LogP contribution >= 0.6 is 11.8 Å². The molecular weight excluding hydrogens is 614 g/mol. The number of aliphatic hydroxyl groups excluding tert-OH is 1. The van der Waals surface area contributed by atoms with E-state index in [0.717, 1.165) is 49.8 Å². The zero-order valence-corrected chi connectivity index (χ0v) is 27.3. The maximum atomic E-state index is 12.4. The number of ether oxygens (including phenoxy) is 3. The Morgan fingerprint density at radius 2 is 1.57 bits per heavy atom. The number of carbonyl (C=O) groups excluding carboxylic acids is 1. The first kappa shape index (κ1) is 34.2. The number of benzene rings is 4. The summed E-state index contributed by atoms with van der Waals surface area (Å²) in [5, 5.41) is 21.3. The van der Waals surface area contributed by atoms with Gasteiger partial charge in [-0.15, -0.1) is 11.8 Å². The second-order valence-electron chi connectivity index (χ2n) is 11.5. The summed E-state index contributed by atoms with van der Waals surface area (Å²) in [6.45, 7) is 0.374. The Kier molecular flexibility index (Phi) is 12.5. The fourth-order valence-electron chi connectivity index (χ4n) is 5.56. The standard InChI is InChI=1S/C38H41NO7S/c1-44-33-10-4-5-11-35(33)47-25-31-22-34(28-16-14-26(24-40)15-17-28)46-38(45-31)29-20-18-27(19-21-29)32-9-3-2-8-30(32)23-39-36(41)12-6-7-13-37(42)43/h2-5,8-11,14-21,31,34,38,40H,6-7,12-13,22-25H2,1H3,(H,39,41)(H,42,43)/t31-,34+,38+/m0/s1. The van der Waals surface area contributed by atoms with Gasteiger partial charge in [0.25, 0.3) is 0 Å². The zero-order chi connectivity index (χ0) is 33.0. The number of unbranched alkanes of at least 4 members (excludes halogenated alkanes) is 1. The minimum Gasteiger partial charge on any atom is -0.496 e. The number of rotatable bonds is 15. The first-order valence-electron chi connectivity index (χ1n) is 15.9. The molecule has 8 nitrogen and oxygen atoms in total. The van der Waals surface area contributed by atoms with E-state index in [1.807, 2.05) is 91.0 Å². The summed E-state index contributed by atoms with van der Waals surface area (Å²) in [4.78, 5) is 24.1. The fraction of sp³-hybridized carbons (Fsp3) is 0.316. The molecule has 246 valence electrons. The lowest BCUT2D eigenvalue weighted by molar-refractivity contribution is -0.245. The van der Waals surface area contributed by atoms with Crippen LogP contribution < -0.4 is 10.1 Å². The van der Waals surface area contributed by atoms with Gasteiger partial charge in [0.05, 0.1) is 25.9 Å². The third-order valence-corrected chi connectivity index (χ3v) is 9.33. The molecule has 0 radical (unpaired) electrons. The third-order valence-electron chi connectivity index (χ3n) is 8.14. The van der Waals surface area contributed by atoms with Crippen molar-refractivity contribution < 1.29 is 34.0 Å². The molecule has 0 aromatic heterocycles. The summed E-state index contributed by atoms with van der Waals surface area (Å²) in [6, 6.07) is 32.0. The van der Waals surface area contributed by atoms with E-state index in [9.17, 15) is 14.7 Å². The molecule has 0 spiro atoms. The average molecular weight is 656 g/mol. The van der Waals surface area contributed by atoms with Crippen LogP contribution in [0.1, 0.15) is 66.8 Å². The Morgan fingerprint density at radius 3 is 2.32 bits per heavy atom. The van der Waals surface area contributed by atoms with Gasteiger partial charge in [-0.3, -0.25) is 9.59 Å². The van der Waals surface area contributed by atoms with E-state index in [0.29, 0.717) is 32.2 Å². The highest BCUT2D eigenvalue weighted by Crippen LogP contribution is 2.41. The molecule has 0 aliphatic carbocycles. The van der Waals surface area contributed by atoms with Gasteiger partial charge in [-0.05, 0) is 52.8 Å². The number of hydrogen-bond acceptors (Lipinski definition) is 7. The van der Waals surface area contributed by atoms with E-state index in [2.05, 4.69) is 11.4 Å². The van der Waals surface area contributed by atoms with E-state index >= 15 is 0 Å². The highest BCUT2D eigenvalue weighted by Gasteiger charge is 2.32. The number of methoxy groups -OCH3 is 1. The number of amides is 1. The lowest BCUT2D eigenvalue weighted by Gasteiger charge is -2.36. The van der Waals surface area contributed by atoms with Gasteiger partial charge in [0.15, 0.2) is 6.29 Å².